The highest BCUT2D eigenvalue weighted by Gasteiger charge is 2.30. The zero-order chi connectivity index (χ0) is 23.8. The van der Waals surface area contributed by atoms with E-state index in [0.717, 1.165) is 40.8 Å². The molecule has 9 heteroatoms. The van der Waals surface area contributed by atoms with E-state index in [4.69, 9.17) is 9.97 Å². The summed E-state index contributed by atoms with van der Waals surface area (Å²) in [6.45, 7) is 2.06. The molecule has 2 N–H and O–H groups in total. The Morgan fingerprint density at radius 2 is 1.80 bits per heavy atom. The van der Waals surface area contributed by atoms with Gasteiger partial charge in [0.05, 0.1) is 11.7 Å². The number of anilines is 3. The zero-order valence-electron chi connectivity index (χ0n) is 19.1. The van der Waals surface area contributed by atoms with Crippen molar-refractivity contribution in [1.29, 1.82) is 0 Å². The van der Waals surface area contributed by atoms with Crippen molar-refractivity contribution in [1.82, 2.24) is 24.8 Å². The molecule has 35 heavy (non-hydrogen) atoms. The number of benzene rings is 1. The third-order valence-electron chi connectivity index (χ3n) is 6.55. The first-order valence-electron chi connectivity index (χ1n) is 11.8. The van der Waals surface area contributed by atoms with Crippen molar-refractivity contribution in [3.05, 3.63) is 66.6 Å². The third kappa shape index (κ3) is 4.32. The van der Waals surface area contributed by atoms with Crippen LogP contribution in [0.2, 0.25) is 0 Å². The van der Waals surface area contributed by atoms with Crippen molar-refractivity contribution < 1.29 is 9.90 Å². The van der Waals surface area contributed by atoms with E-state index in [1.807, 2.05) is 48.7 Å². The Balaban J connectivity index is 1.41. The molecule has 9 nitrogen and oxygen atoms in total. The lowest BCUT2D eigenvalue weighted by Crippen LogP contribution is -2.48. The lowest BCUT2D eigenvalue weighted by Gasteiger charge is -2.34. The zero-order valence-corrected chi connectivity index (χ0v) is 19.1. The van der Waals surface area contributed by atoms with E-state index in [9.17, 15) is 9.90 Å². The Morgan fingerprint density at radius 3 is 2.54 bits per heavy atom. The Labute approximate surface area is 202 Å². The molecule has 1 saturated heterocycles. The number of nitrogens with one attached hydrogen (secondary N) is 1. The van der Waals surface area contributed by atoms with Gasteiger partial charge < -0.3 is 20.2 Å². The normalized spacial score (nSPS) is 15.9. The highest BCUT2D eigenvalue weighted by Crippen LogP contribution is 2.45. The molecule has 1 saturated carbocycles. The van der Waals surface area contributed by atoms with Gasteiger partial charge in [-0.1, -0.05) is 18.2 Å². The van der Waals surface area contributed by atoms with Gasteiger partial charge in [-0.05, 0) is 48.6 Å². The van der Waals surface area contributed by atoms with Crippen molar-refractivity contribution in [2.45, 2.75) is 18.8 Å². The maximum absolute atomic E-state index is 11.4. The van der Waals surface area contributed by atoms with Gasteiger partial charge in [-0.2, -0.15) is 0 Å². The molecule has 3 aromatic heterocycles. The fourth-order valence-electron chi connectivity index (χ4n) is 4.57. The maximum Gasteiger partial charge on any atom is 0.407 e. The molecule has 1 aliphatic carbocycles. The molecule has 4 heterocycles. The lowest BCUT2D eigenvalue weighted by molar-refractivity contribution is 0.142. The molecule has 2 aliphatic rings. The van der Waals surface area contributed by atoms with E-state index >= 15 is 0 Å². The highest BCUT2D eigenvalue weighted by molar-refractivity contribution is 5.94. The van der Waals surface area contributed by atoms with Gasteiger partial charge in [-0.3, -0.25) is 4.98 Å². The summed E-state index contributed by atoms with van der Waals surface area (Å²) in [4.78, 5) is 34.0. The highest BCUT2D eigenvalue weighted by atomic mass is 16.4. The van der Waals surface area contributed by atoms with Crippen LogP contribution in [0.25, 0.3) is 22.3 Å². The summed E-state index contributed by atoms with van der Waals surface area (Å²) in [5.74, 6) is 2.65. The fourth-order valence-corrected chi connectivity index (χ4v) is 4.57. The van der Waals surface area contributed by atoms with Gasteiger partial charge in [0, 0.05) is 55.2 Å². The van der Waals surface area contributed by atoms with E-state index in [1.54, 1.807) is 12.4 Å². The number of fused-ring (bicyclic) bond motifs is 1. The number of para-hydroxylation sites is 1. The third-order valence-corrected chi connectivity index (χ3v) is 6.55. The number of pyridine rings is 2. The summed E-state index contributed by atoms with van der Waals surface area (Å²) < 4.78 is 0. The Hall–Kier alpha value is -4.27. The predicted octanol–water partition coefficient (Wildman–Crippen LogP) is 4.51. The number of rotatable bonds is 5. The standard InChI is InChI=1S/C26H25N7O2/c34-26(35)33-12-10-32(11-13-33)25-23-20(17-6-7-17)15-27-16-21(23)30-24(31-25)18-8-9-28-22(14-18)29-19-4-2-1-3-5-19/h1-5,8-9,14-17H,6-7,10-13H2,(H,28,29)(H,34,35). The SMILES string of the molecule is O=C(O)N1CCN(c2nc(-c3ccnc(Nc4ccccc4)c3)nc3cncc(C4CC4)c23)CC1. The topological polar surface area (TPSA) is 107 Å². The molecule has 4 aromatic rings. The first-order valence-corrected chi connectivity index (χ1v) is 11.8. The van der Waals surface area contributed by atoms with E-state index in [0.29, 0.717) is 43.7 Å². The van der Waals surface area contributed by atoms with E-state index in [-0.39, 0.29) is 0 Å². The molecule has 0 bridgehead atoms. The van der Waals surface area contributed by atoms with Gasteiger partial charge in [0.2, 0.25) is 0 Å². The summed E-state index contributed by atoms with van der Waals surface area (Å²) in [6, 6.07) is 13.7. The molecule has 0 atom stereocenters. The summed E-state index contributed by atoms with van der Waals surface area (Å²) >= 11 is 0. The van der Waals surface area contributed by atoms with Crippen LogP contribution >= 0.6 is 0 Å². The van der Waals surface area contributed by atoms with Gasteiger partial charge >= 0.3 is 6.09 Å². The number of amides is 1. The minimum atomic E-state index is -0.879. The number of hydrogen-bond donors (Lipinski definition) is 2. The van der Waals surface area contributed by atoms with Gasteiger partial charge in [0.25, 0.3) is 0 Å². The van der Waals surface area contributed by atoms with Crippen LogP contribution in [0.4, 0.5) is 22.1 Å². The van der Waals surface area contributed by atoms with Gasteiger partial charge in [0.1, 0.15) is 11.6 Å². The Bertz CT molecular complexity index is 1380. The lowest BCUT2D eigenvalue weighted by atomic mass is 10.1. The molecule has 1 amide bonds. The molecule has 6 rings (SSSR count). The number of carbonyl (C=O) groups is 1. The Kier molecular flexibility index (Phi) is 5.36. The van der Waals surface area contributed by atoms with Crippen molar-refractivity contribution in [3.63, 3.8) is 0 Å². The van der Waals surface area contributed by atoms with Crippen molar-refractivity contribution in [2.24, 2.45) is 0 Å². The second kappa shape index (κ2) is 8.83. The van der Waals surface area contributed by atoms with Crippen LogP contribution in [0.5, 0.6) is 0 Å². The average Bonchev–Trinajstić information content (AvgIpc) is 3.74. The number of piperazine rings is 1. The van der Waals surface area contributed by atoms with E-state index in [2.05, 4.69) is 20.2 Å². The molecule has 0 spiro atoms. The molecule has 2 fully saturated rings. The number of nitrogens with zero attached hydrogens (tertiary/aromatic N) is 6. The van der Waals surface area contributed by atoms with Crippen LogP contribution in [-0.2, 0) is 0 Å². The van der Waals surface area contributed by atoms with Crippen LogP contribution in [0, 0.1) is 0 Å². The quantitative estimate of drug-likeness (QED) is 0.442. The van der Waals surface area contributed by atoms with Crippen LogP contribution in [0.15, 0.2) is 61.1 Å². The number of hydrogen-bond acceptors (Lipinski definition) is 7. The predicted molar refractivity (Wildman–Crippen MR) is 134 cm³/mol. The summed E-state index contributed by atoms with van der Waals surface area (Å²) in [7, 11) is 0. The molecule has 0 unspecified atom stereocenters. The van der Waals surface area contributed by atoms with Crippen molar-refractivity contribution >= 4 is 34.3 Å². The van der Waals surface area contributed by atoms with E-state index in [1.165, 1.54) is 10.5 Å². The minimum absolute atomic E-state index is 0.445. The van der Waals surface area contributed by atoms with Crippen molar-refractivity contribution in [2.75, 3.05) is 36.4 Å². The molecule has 176 valence electrons. The number of aromatic nitrogens is 4. The molecule has 1 aromatic carbocycles. The minimum Gasteiger partial charge on any atom is -0.465 e. The van der Waals surface area contributed by atoms with Crippen molar-refractivity contribution in [3.8, 4) is 11.4 Å². The summed E-state index contributed by atoms with van der Waals surface area (Å²) in [5.41, 5.74) is 3.80. The molecule has 1 aliphatic heterocycles. The number of carboxylic acid groups (broad SMARTS) is 1. The van der Waals surface area contributed by atoms with Crippen LogP contribution in [-0.4, -0.2) is 62.2 Å². The first kappa shape index (κ1) is 21.3. The smallest absolute Gasteiger partial charge is 0.407 e. The molecular formula is C26H25N7O2. The Morgan fingerprint density at radius 1 is 1.00 bits per heavy atom. The monoisotopic (exact) mass is 467 g/mol. The largest absolute Gasteiger partial charge is 0.465 e. The maximum atomic E-state index is 11.4. The fraction of sp³-hybridized carbons (Fsp3) is 0.269. The van der Waals surface area contributed by atoms with Gasteiger partial charge in [-0.25, -0.2) is 19.7 Å². The van der Waals surface area contributed by atoms with Crippen LogP contribution < -0.4 is 10.2 Å². The average molecular weight is 468 g/mol. The summed E-state index contributed by atoms with van der Waals surface area (Å²) in [6.07, 6.45) is 6.90. The summed E-state index contributed by atoms with van der Waals surface area (Å²) in [5, 5.41) is 13.7. The van der Waals surface area contributed by atoms with Crippen LogP contribution in [0.3, 0.4) is 0 Å². The van der Waals surface area contributed by atoms with Crippen LogP contribution in [0.1, 0.15) is 24.3 Å². The molecular weight excluding hydrogens is 442 g/mol. The van der Waals surface area contributed by atoms with E-state index < -0.39 is 6.09 Å². The van der Waals surface area contributed by atoms with Gasteiger partial charge in [0.15, 0.2) is 5.82 Å². The second-order valence-corrected chi connectivity index (χ2v) is 8.95. The first-order chi connectivity index (χ1) is 17.2. The molecule has 0 radical (unpaired) electrons. The van der Waals surface area contributed by atoms with Gasteiger partial charge in [-0.15, -0.1) is 0 Å². The second-order valence-electron chi connectivity index (χ2n) is 8.95.